The number of hydrogen-bond acceptors (Lipinski definition) is 3. The molecule has 0 unspecified atom stereocenters. The molecule has 4 nitrogen and oxygen atoms in total. The molecule has 96 valence electrons. The average molecular weight is 246 g/mol. The predicted molar refractivity (Wildman–Crippen MR) is 70.2 cm³/mol. The van der Waals surface area contributed by atoms with E-state index >= 15 is 0 Å². The molecule has 1 aromatic carbocycles. The highest BCUT2D eigenvalue weighted by atomic mass is 16.5. The topological polar surface area (TPSA) is 47.3 Å². The van der Waals surface area contributed by atoms with Crippen molar-refractivity contribution in [3.63, 3.8) is 0 Å². The summed E-state index contributed by atoms with van der Waals surface area (Å²) in [4.78, 5) is 0. The van der Waals surface area contributed by atoms with Gasteiger partial charge in [0.15, 0.2) is 0 Å². The molecule has 18 heavy (non-hydrogen) atoms. The van der Waals surface area contributed by atoms with E-state index in [2.05, 4.69) is 18.9 Å². The molecule has 1 aromatic heterocycles. The Hall–Kier alpha value is -1.97. The van der Waals surface area contributed by atoms with Gasteiger partial charge in [0.2, 0.25) is 5.88 Å². The van der Waals surface area contributed by atoms with Crippen molar-refractivity contribution in [2.24, 2.45) is 7.05 Å². The van der Waals surface area contributed by atoms with Gasteiger partial charge < -0.3 is 9.84 Å². The first-order valence-corrected chi connectivity index (χ1v) is 5.99. The van der Waals surface area contributed by atoms with Crippen LogP contribution < -0.4 is 4.74 Å². The fourth-order valence-electron chi connectivity index (χ4n) is 2.10. The van der Waals surface area contributed by atoms with Crippen LogP contribution in [0.15, 0.2) is 24.3 Å². The normalized spacial score (nSPS) is 10.9. The van der Waals surface area contributed by atoms with E-state index in [0.29, 0.717) is 11.7 Å². The summed E-state index contributed by atoms with van der Waals surface area (Å²) in [5.74, 6) is 1.87. The van der Waals surface area contributed by atoms with Crippen molar-refractivity contribution in [2.75, 3.05) is 0 Å². The van der Waals surface area contributed by atoms with Gasteiger partial charge in [-0.25, -0.2) is 4.68 Å². The second-order valence-corrected chi connectivity index (χ2v) is 4.68. The number of benzene rings is 1. The second-order valence-electron chi connectivity index (χ2n) is 4.68. The minimum Gasteiger partial charge on any atom is -0.508 e. The SMILES string of the molecule is Cc1nn(C)c(Oc2cccc(O)c2)c1C(C)C. The summed E-state index contributed by atoms with van der Waals surface area (Å²) in [5, 5.41) is 13.8. The molecule has 0 saturated carbocycles. The summed E-state index contributed by atoms with van der Waals surface area (Å²) in [6.07, 6.45) is 0. The van der Waals surface area contributed by atoms with Crippen molar-refractivity contribution < 1.29 is 9.84 Å². The fraction of sp³-hybridized carbons (Fsp3) is 0.357. The van der Waals surface area contributed by atoms with Crippen LogP contribution in [-0.4, -0.2) is 14.9 Å². The third-order valence-corrected chi connectivity index (χ3v) is 2.82. The number of phenolic OH excluding ortho intramolecular Hbond substituents is 1. The van der Waals surface area contributed by atoms with E-state index in [4.69, 9.17) is 4.74 Å². The molecule has 0 bridgehead atoms. The summed E-state index contributed by atoms with van der Waals surface area (Å²) >= 11 is 0. The third kappa shape index (κ3) is 2.32. The van der Waals surface area contributed by atoms with Gasteiger partial charge in [0.1, 0.15) is 11.5 Å². The van der Waals surface area contributed by atoms with E-state index < -0.39 is 0 Å². The first-order chi connectivity index (χ1) is 8.49. The van der Waals surface area contributed by atoms with E-state index in [1.54, 1.807) is 22.9 Å². The zero-order valence-electron chi connectivity index (χ0n) is 11.1. The van der Waals surface area contributed by atoms with Gasteiger partial charge in [0.25, 0.3) is 0 Å². The van der Waals surface area contributed by atoms with Crippen molar-refractivity contribution in [2.45, 2.75) is 26.7 Å². The lowest BCUT2D eigenvalue weighted by Gasteiger charge is -2.11. The highest BCUT2D eigenvalue weighted by molar-refractivity contribution is 5.39. The van der Waals surface area contributed by atoms with Crippen LogP contribution >= 0.6 is 0 Å². The number of phenols is 1. The van der Waals surface area contributed by atoms with Crippen LogP contribution in [0.3, 0.4) is 0 Å². The van der Waals surface area contributed by atoms with E-state index in [-0.39, 0.29) is 5.75 Å². The van der Waals surface area contributed by atoms with Gasteiger partial charge in [-0.3, -0.25) is 0 Å². The summed E-state index contributed by atoms with van der Waals surface area (Å²) in [6.45, 7) is 6.20. The molecule has 4 heteroatoms. The summed E-state index contributed by atoms with van der Waals surface area (Å²) < 4.78 is 7.57. The Morgan fingerprint density at radius 3 is 2.67 bits per heavy atom. The van der Waals surface area contributed by atoms with Gasteiger partial charge in [-0.1, -0.05) is 19.9 Å². The Bertz CT molecular complexity index is 559. The van der Waals surface area contributed by atoms with E-state index in [0.717, 1.165) is 17.1 Å². The molecular formula is C14H18N2O2. The van der Waals surface area contributed by atoms with E-state index in [9.17, 15) is 5.11 Å². The van der Waals surface area contributed by atoms with Crippen LogP contribution in [0.2, 0.25) is 0 Å². The van der Waals surface area contributed by atoms with Crippen LogP contribution in [0.4, 0.5) is 0 Å². The monoisotopic (exact) mass is 246 g/mol. The highest BCUT2D eigenvalue weighted by Crippen LogP contribution is 2.33. The maximum Gasteiger partial charge on any atom is 0.221 e. The molecule has 0 saturated heterocycles. The fourth-order valence-corrected chi connectivity index (χ4v) is 2.10. The minimum atomic E-state index is 0.192. The molecule has 2 aromatic rings. The molecule has 0 aliphatic rings. The number of nitrogens with zero attached hydrogens (tertiary/aromatic N) is 2. The Morgan fingerprint density at radius 2 is 2.06 bits per heavy atom. The number of aromatic hydroxyl groups is 1. The summed E-state index contributed by atoms with van der Waals surface area (Å²) in [5.41, 5.74) is 2.07. The largest absolute Gasteiger partial charge is 0.508 e. The molecule has 0 spiro atoms. The maximum atomic E-state index is 9.44. The zero-order valence-corrected chi connectivity index (χ0v) is 11.1. The first-order valence-electron chi connectivity index (χ1n) is 5.99. The van der Waals surface area contributed by atoms with Gasteiger partial charge in [-0.15, -0.1) is 0 Å². The molecule has 1 N–H and O–H groups in total. The van der Waals surface area contributed by atoms with Crippen molar-refractivity contribution in [1.82, 2.24) is 9.78 Å². The van der Waals surface area contributed by atoms with Crippen LogP contribution in [0.1, 0.15) is 31.0 Å². The molecular weight excluding hydrogens is 228 g/mol. The minimum absolute atomic E-state index is 0.192. The number of rotatable bonds is 3. The van der Waals surface area contributed by atoms with E-state index in [1.165, 1.54) is 0 Å². The Kier molecular flexibility index (Phi) is 3.28. The lowest BCUT2D eigenvalue weighted by molar-refractivity contribution is 0.417. The quantitative estimate of drug-likeness (QED) is 0.903. The highest BCUT2D eigenvalue weighted by Gasteiger charge is 2.18. The molecule has 0 amide bonds. The lowest BCUT2D eigenvalue weighted by atomic mass is 10.0. The van der Waals surface area contributed by atoms with Crippen LogP contribution in [0, 0.1) is 6.92 Å². The maximum absolute atomic E-state index is 9.44. The van der Waals surface area contributed by atoms with Gasteiger partial charge in [-0.2, -0.15) is 5.10 Å². The molecule has 2 rings (SSSR count). The van der Waals surface area contributed by atoms with Crippen LogP contribution in [0.25, 0.3) is 0 Å². The van der Waals surface area contributed by atoms with Gasteiger partial charge in [0.05, 0.1) is 5.69 Å². The molecule has 0 radical (unpaired) electrons. The molecule has 0 fully saturated rings. The molecule has 0 atom stereocenters. The lowest BCUT2D eigenvalue weighted by Crippen LogP contribution is -1.98. The second kappa shape index (κ2) is 4.72. The van der Waals surface area contributed by atoms with Crippen molar-refractivity contribution in [1.29, 1.82) is 0 Å². The van der Waals surface area contributed by atoms with E-state index in [1.807, 2.05) is 20.0 Å². The number of hydrogen-bond donors (Lipinski definition) is 1. The Labute approximate surface area is 107 Å². The standard InChI is InChI=1S/C14H18N2O2/c1-9(2)13-10(3)15-16(4)14(13)18-12-7-5-6-11(17)8-12/h5-9,17H,1-4H3. The predicted octanol–water partition coefficient (Wildman–Crippen LogP) is 3.35. The smallest absolute Gasteiger partial charge is 0.221 e. The van der Waals surface area contributed by atoms with Crippen molar-refractivity contribution in [3.05, 3.63) is 35.5 Å². The first kappa shape index (κ1) is 12.5. The van der Waals surface area contributed by atoms with Gasteiger partial charge >= 0.3 is 0 Å². The van der Waals surface area contributed by atoms with Gasteiger partial charge in [-0.05, 0) is 25.0 Å². The summed E-state index contributed by atoms with van der Waals surface area (Å²) in [7, 11) is 1.86. The molecule has 0 aliphatic heterocycles. The number of aryl methyl sites for hydroxylation is 2. The van der Waals surface area contributed by atoms with Gasteiger partial charge in [0, 0.05) is 18.7 Å². The Balaban J connectivity index is 2.40. The number of aromatic nitrogens is 2. The van der Waals surface area contributed by atoms with Crippen molar-refractivity contribution >= 4 is 0 Å². The average Bonchev–Trinajstić information content (AvgIpc) is 2.53. The molecule has 1 heterocycles. The van der Waals surface area contributed by atoms with Crippen LogP contribution in [0.5, 0.6) is 17.4 Å². The molecule has 0 aliphatic carbocycles. The third-order valence-electron chi connectivity index (χ3n) is 2.82. The summed E-state index contributed by atoms with van der Waals surface area (Å²) in [6, 6.07) is 6.77. The Morgan fingerprint density at radius 1 is 1.33 bits per heavy atom. The van der Waals surface area contributed by atoms with Crippen LogP contribution in [-0.2, 0) is 7.05 Å². The van der Waals surface area contributed by atoms with Crippen molar-refractivity contribution in [3.8, 4) is 17.4 Å². The number of ether oxygens (including phenoxy) is 1. The zero-order chi connectivity index (χ0) is 13.3.